The van der Waals surface area contributed by atoms with Crippen LogP contribution >= 0.6 is 7.82 Å². The Kier molecular flexibility index (Phi) is 23.6. The first-order valence-corrected chi connectivity index (χ1v) is 7.90. The fraction of sp³-hybridized carbons (Fsp3) is 0.917. The Hall–Kier alpha value is 0.798. The minimum absolute atomic E-state index is 0. The first kappa shape index (κ1) is 23.9. The predicted molar refractivity (Wildman–Crippen MR) is 64.8 cm³/mol. The molecule has 0 aromatic carbocycles. The summed E-state index contributed by atoms with van der Waals surface area (Å²) in [7, 11) is -5.39. The maximum atomic E-state index is 8.55. The van der Waals surface area contributed by atoms with Crippen LogP contribution in [-0.2, 0) is 25.6 Å². The Morgan fingerprint density at radius 2 is 1.11 bits per heavy atom. The van der Waals surface area contributed by atoms with Gasteiger partial charge in [0.25, 0.3) is 0 Å². The first-order valence-electron chi connectivity index (χ1n) is 6.44. The van der Waals surface area contributed by atoms with Gasteiger partial charge in [0.1, 0.15) is 0 Å². The molecule has 0 bridgehead atoms. The van der Waals surface area contributed by atoms with Crippen LogP contribution in [0.1, 0.15) is 71.1 Å². The van der Waals surface area contributed by atoms with E-state index < -0.39 is 7.82 Å². The Morgan fingerprint density at radius 1 is 0.833 bits per heavy atom. The quantitative estimate of drug-likeness (QED) is 0.272. The van der Waals surface area contributed by atoms with Gasteiger partial charge < -0.3 is 26.2 Å². The molecule has 0 aromatic rings. The minimum atomic E-state index is -5.39. The first-order chi connectivity index (χ1) is 7.91. The van der Waals surface area contributed by atoms with E-state index in [9.17, 15) is 0 Å². The molecule has 0 heterocycles. The fourth-order valence-electron chi connectivity index (χ4n) is 1.49. The van der Waals surface area contributed by atoms with Crippen molar-refractivity contribution in [2.75, 3.05) is 0 Å². The molecule has 0 fully saturated rings. The van der Waals surface area contributed by atoms with Crippen molar-refractivity contribution in [2.45, 2.75) is 71.1 Å². The molecule has 0 radical (unpaired) electrons. The molecule has 0 aliphatic carbocycles. The van der Waals surface area contributed by atoms with E-state index in [0.717, 1.165) is 6.42 Å². The van der Waals surface area contributed by atoms with Gasteiger partial charge >= 0.3 is 21.1 Å². The van der Waals surface area contributed by atoms with Gasteiger partial charge in [0.05, 0.1) is 0 Å². The molecule has 0 aromatic heterocycles. The van der Waals surface area contributed by atoms with E-state index in [2.05, 4.69) is 13.8 Å². The summed E-state index contributed by atoms with van der Waals surface area (Å²) >= 11 is 0. The van der Waals surface area contributed by atoms with Crippen molar-refractivity contribution < 1.29 is 40.3 Å². The van der Waals surface area contributed by atoms with Crippen LogP contribution < -0.4 is 14.7 Å². The van der Waals surface area contributed by atoms with E-state index >= 15 is 0 Å². The second-order valence-electron chi connectivity index (χ2n) is 4.13. The number of rotatable bonds is 9. The smallest absolute Gasteiger partial charge is 0.822 e. The molecule has 0 saturated heterocycles. The van der Waals surface area contributed by atoms with E-state index in [0.29, 0.717) is 0 Å². The molecule has 0 saturated carbocycles. The van der Waals surface area contributed by atoms with Gasteiger partial charge in [0.2, 0.25) is 0 Å². The SMILES string of the molecule is O=P([O-])([O-])[O-].[CH2-]CCCCCCCCCCC.[Mo+4]. The molecule has 18 heavy (non-hydrogen) atoms. The third-order valence-corrected chi connectivity index (χ3v) is 2.35. The van der Waals surface area contributed by atoms with Crippen molar-refractivity contribution in [2.24, 2.45) is 0 Å². The van der Waals surface area contributed by atoms with Crippen molar-refractivity contribution in [1.82, 2.24) is 0 Å². The Labute approximate surface area is 126 Å². The third-order valence-electron chi connectivity index (χ3n) is 2.35. The van der Waals surface area contributed by atoms with Crippen molar-refractivity contribution >= 4 is 7.82 Å². The predicted octanol–water partition coefficient (Wildman–Crippen LogP) is 1.91. The molecule has 0 aliphatic heterocycles. The molecule has 0 spiro atoms. The van der Waals surface area contributed by atoms with Crippen LogP contribution in [0.5, 0.6) is 0 Å². The van der Waals surface area contributed by atoms with Gasteiger partial charge in [-0.1, -0.05) is 64.7 Å². The summed E-state index contributed by atoms with van der Waals surface area (Å²) in [6.07, 6.45) is 13.9. The standard InChI is InChI=1S/C12H25.Mo.H3O4P/c1-3-5-7-9-11-12-10-8-6-4-2;;1-5(2,3)4/h1,3-12H2,2H3;;(H3,1,2,3,4)/q-1;+4;/p-3. The summed E-state index contributed by atoms with van der Waals surface area (Å²) in [4.78, 5) is 25.6. The van der Waals surface area contributed by atoms with Gasteiger partial charge in [0, 0.05) is 0 Å². The summed E-state index contributed by atoms with van der Waals surface area (Å²) in [5, 5.41) is 0. The Balaban J connectivity index is -0.000000321. The molecular formula is C12H25MoO4P. The molecule has 0 unspecified atom stereocenters. The largest absolute Gasteiger partial charge is 4.00 e. The van der Waals surface area contributed by atoms with E-state index in [-0.39, 0.29) is 21.1 Å². The average molecular weight is 360 g/mol. The maximum absolute atomic E-state index is 8.55. The summed E-state index contributed by atoms with van der Waals surface area (Å²) in [6, 6.07) is 0. The van der Waals surface area contributed by atoms with E-state index in [1.807, 2.05) is 0 Å². The monoisotopic (exact) mass is 362 g/mol. The Bertz CT molecular complexity index is 167. The van der Waals surface area contributed by atoms with Crippen molar-refractivity contribution in [3.05, 3.63) is 6.92 Å². The van der Waals surface area contributed by atoms with Crippen LogP contribution in [0.15, 0.2) is 0 Å². The second-order valence-corrected chi connectivity index (χ2v) is 5.02. The molecule has 0 aliphatic rings. The van der Waals surface area contributed by atoms with E-state index in [1.165, 1.54) is 57.8 Å². The number of phosphoric acid groups is 1. The van der Waals surface area contributed by atoms with Gasteiger partial charge in [-0.25, -0.2) is 0 Å². The van der Waals surface area contributed by atoms with E-state index in [4.69, 9.17) is 19.2 Å². The van der Waals surface area contributed by atoms with Crippen LogP contribution in [0.3, 0.4) is 0 Å². The van der Waals surface area contributed by atoms with Gasteiger partial charge in [-0.15, -0.1) is 0 Å². The Morgan fingerprint density at radius 3 is 1.39 bits per heavy atom. The van der Waals surface area contributed by atoms with Crippen LogP contribution in [0.4, 0.5) is 0 Å². The average Bonchev–Trinajstić information content (AvgIpc) is 2.20. The van der Waals surface area contributed by atoms with Crippen LogP contribution in [0.25, 0.3) is 0 Å². The molecule has 4 nitrogen and oxygen atoms in total. The zero-order chi connectivity index (χ0) is 13.6. The normalized spacial score (nSPS) is 10.3. The molecule has 108 valence electrons. The number of unbranched alkanes of at least 4 members (excludes halogenated alkanes) is 9. The van der Waals surface area contributed by atoms with E-state index in [1.54, 1.807) is 0 Å². The van der Waals surface area contributed by atoms with Crippen LogP contribution in [0.2, 0.25) is 0 Å². The zero-order valence-corrected chi connectivity index (χ0v) is 14.2. The maximum Gasteiger partial charge on any atom is 4.00 e. The van der Waals surface area contributed by atoms with Crippen LogP contribution in [-0.4, -0.2) is 0 Å². The summed E-state index contributed by atoms with van der Waals surface area (Å²) in [6.45, 7) is 6.12. The molecule has 6 heteroatoms. The summed E-state index contributed by atoms with van der Waals surface area (Å²) < 4.78 is 8.55. The summed E-state index contributed by atoms with van der Waals surface area (Å²) in [5.74, 6) is 0. The van der Waals surface area contributed by atoms with Gasteiger partial charge in [-0.2, -0.15) is 14.2 Å². The molecular weight excluding hydrogens is 335 g/mol. The summed E-state index contributed by atoms with van der Waals surface area (Å²) in [5.41, 5.74) is 0. The molecule has 0 N–H and O–H groups in total. The number of hydrogen-bond acceptors (Lipinski definition) is 4. The minimum Gasteiger partial charge on any atom is -0.822 e. The zero-order valence-electron chi connectivity index (χ0n) is 11.3. The second kappa shape index (κ2) is 17.8. The topological polar surface area (TPSA) is 86.2 Å². The number of hydrogen-bond donors (Lipinski definition) is 0. The van der Waals surface area contributed by atoms with Crippen molar-refractivity contribution in [1.29, 1.82) is 0 Å². The van der Waals surface area contributed by atoms with Crippen LogP contribution in [0, 0.1) is 6.92 Å². The third kappa shape index (κ3) is 43.7. The van der Waals surface area contributed by atoms with Gasteiger partial charge in [0.15, 0.2) is 0 Å². The van der Waals surface area contributed by atoms with Crippen molar-refractivity contribution in [3.63, 3.8) is 0 Å². The van der Waals surface area contributed by atoms with Gasteiger partial charge in [-0.05, 0) is 0 Å². The molecule has 0 rings (SSSR count). The fourth-order valence-corrected chi connectivity index (χ4v) is 1.49. The molecule has 0 atom stereocenters. The van der Waals surface area contributed by atoms with Crippen molar-refractivity contribution in [3.8, 4) is 0 Å². The molecule has 0 amide bonds. The van der Waals surface area contributed by atoms with Gasteiger partial charge in [-0.3, -0.25) is 0 Å².